The van der Waals surface area contributed by atoms with Crippen molar-refractivity contribution in [2.24, 2.45) is 7.05 Å². The predicted octanol–water partition coefficient (Wildman–Crippen LogP) is -0.0126. The Bertz CT molecular complexity index is 602. The van der Waals surface area contributed by atoms with Crippen molar-refractivity contribution in [2.45, 2.75) is 11.4 Å². The maximum atomic E-state index is 11.0. The van der Waals surface area contributed by atoms with Gasteiger partial charge in [-0.3, -0.25) is 9.36 Å². The van der Waals surface area contributed by atoms with Crippen LogP contribution in [0.15, 0.2) is 23.6 Å². The first-order valence-electron chi connectivity index (χ1n) is 4.27. The van der Waals surface area contributed by atoms with E-state index in [9.17, 15) is 8.42 Å². The Morgan fingerprint density at radius 2 is 2.19 bits per heavy atom. The summed E-state index contributed by atoms with van der Waals surface area (Å²) in [5.41, 5.74) is 0. The van der Waals surface area contributed by atoms with Gasteiger partial charge in [0.2, 0.25) is 0 Å². The molecule has 0 radical (unpaired) electrons. The van der Waals surface area contributed by atoms with Gasteiger partial charge in [0.15, 0.2) is 0 Å². The lowest BCUT2D eigenvalue weighted by molar-refractivity contribution is 0.603. The first-order valence-corrected chi connectivity index (χ1v) is 6.58. The van der Waals surface area contributed by atoms with Crippen molar-refractivity contribution in [3.8, 4) is 0 Å². The van der Waals surface area contributed by atoms with E-state index >= 15 is 0 Å². The molecule has 0 saturated carbocycles. The first-order chi connectivity index (χ1) is 7.47. The van der Waals surface area contributed by atoms with E-state index in [-0.39, 0.29) is 4.90 Å². The Morgan fingerprint density at radius 3 is 2.69 bits per heavy atom. The molecular formula is C7H8ClN5O2S. The van der Waals surface area contributed by atoms with E-state index in [0.717, 1.165) is 0 Å². The number of aryl methyl sites for hydroxylation is 1. The number of hydrogen-bond acceptors (Lipinski definition) is 5. The maximum absolute atomic E-state index is 11.0. The fourth-order valence-corrected chi connectivity index (χ4v) is 1.82. The molecule has 2 rings (SSSR count). The molecule has 0 saturated heterocycles. The summed E-state index contributed by atoms with van der Waals surface area (Å²) in [5, 5.41) is 7.76. The van der Waals surface area contributed by atoms with Gasteiger partial charge >= 0.3 is 0 Å². The molecule has 2 heterocycles. The van der Waals surface area contributed by atoms with Gasteiger partial charge in [0.25, 0.3) is 9.05 Å². The van der Waals surface area contributed by atoms with E-state index in [1.807, 2.05) is 0 Å². The maximum Gasteiger partial charge on any atom is 0.264 e. The lowest BCUT2D eigenvalue weighted by atomic mass is 10.6. The second-order valence-corrected chi connectivity index (χ2v) is 5.68. The van der Waals surface area contributed by atoms with Crippen LogP contribution in [-0.4, -0.2) is 33.0 Å². The van der Waals surface area contributed by atoms with Gasteiger partial charge in [-0.05, 0) is 0 Å². The zero-order chi connectivity index (χ0) is 11.8. The average molecular weight is 262 g/mol. The van der Waals surface area contributed by atoms with E-state index in [1.165, 1.54) is 23.4 Å². The molecule has 0 atom stereocenters. The molecule has 0 fully saturated rings. The number of aromatic nitrogens is 5. The lowest BCUT2D eigenvalue weighted by Crippen LogP contribution is -2.07. The van der Waals surface area contributed by atoms with Crippen molar-refractivity contribution >= 4 is 19.7 Å². The van der Waals surface area contributed by atoms with Gasteiger partial charge in [-0.15, -0.1) is 0 Å². The highest BCUT2D eigenvalue weighted by Crippen LogP contribution is 2.13. The summed E-state index contributed by atoms with van der Waals surface area (Å²) in [6, 6.07) is 0. The van der Waals surface area contributed by atoms with E-state index in [1.54, 1.807) is 11.7 Å². The third-order valence-electron chi connectivity index (χ3n) is 2.00. The van der Waals surface area contributed by atoms with E-state index in [4.69, 9.17) is 10.7 Å². The Hall–Kier alpha value is -1.41. The molecule has 9 heteroatoms. The minimum atomic E-state index is -3.72. The van der Waals surface area contributed by atoms with E-state index in [2.05, 4.69) is 15.2 Å². The van der Waals surface area contributed by atoms with Crippen molar-refractivity contribution in [3.63, 3.8) is 0 Å². The molecule has 0 aliphatic carbocycles. The van der Waals surface area contributed by atoms with Crippen molar-refractivity contribution in [1.82, 2.24) is 24.5 Å². The lowest BCUT2D eigenvalue weighted by Gasteiger charge is -1.99. The van der Waals surface area contributed by atoms with Crippen LogP contribution in [0.25, 0.3) is 0 Å². The fourth-order valence-electron chi connectivity index (χ4n) is 1.17. The summed E-state index contributed by atoms with van der Waals surface area (Å²) in [4.78, 5) is 3.96. The molecule has 0 spiro atoms. The molecule has 0 N–H and O–H groups in total. The number of rotatable bonds is 3. The number of halogens is 1. The summed E-state index contributed by atoms with van der Waals surface area (Å²) in [6.45, 7) is 0.336. The summed E-state index contributed by atoms with van der Waals surface area (Å²) in [5.74, 6) is 0.668. The van der Waals surface area contributed by atoms with Crippen LogP contribution < -0.4 is 0 Å². The van der Waals surface area contributed by atoms with Crippen molar-refractivity contribution < 1.29 is 8.42 Å². The highest BCUT2D eigenvalue weighted by atomic mass is 35.7. The zero-order valence-corrected chi connectivity index (χ0v) is 9.85. The molecule has 0 bridgehead atoms. The van der Waals surface area contributed by atoms with Crippen LogP contribution in [-0.2, 0) is 22.6 Å². The summed E-state index contributed by atoms with van der Waals surface area (Å²) in [7, 11) is 3.19. The molecule has 2 aromatic rings. The van der Waals surface area contributed by atoms with Gasteiger partial charge in [0.1, 0.15) is 23.6 Å². The Labute approximate surface area is 96.1 Å². The molecule has 0 aliphatic heterocycles. The second-order valence-electron chi connectivity index (χ2n) is 3.11. The Morgan fingerprint density at radius 1 is 1.44 bits per heavy atom. The van der Waals surface area contributed by atoms with Gasteiger partial charge < -0.3 is 0 Å². The standard InChI is InChI=1S/C7H8ClN5O2S/c1-12-7(9-5-11-12)4-13-3-6(2-10-13)16(8,14)15/h2-3,5H,4H2,1H3. The van der Waals surface area contributed by atoms with Crippen LogP contribution >= 0.6 is 10.7 Å². The molecule has 86 valence electrons. The van der Waals surface area contributed by atoms with E-state index in [0.29, 0.717) is 12.4 Å². The largest absolute Gasteiger partial charge is 0.264 e. The smallest absolute Gasteiger partial charge is 0.264 e. The average Bonchev–Trinajstić information content (AvgIpc) is 2.76. The topological polar surface area (TPSA) is 82.7 Å². The normalized spacial score (nSPS) is 11.9. The SMILES string of the molecule is Cn1ncnc1Cn1cc(S(=O)(=O)Cl)cn1. The van der Waals surface area contributed by atoms with Crippen LogP contribution in [0.1, 0.15) is 5.82 Å². The van der Waals surface area contributed by atoms with Crippen molar-refractivity contribution in [1.29, 1.82) is 0 Å². The van der Waals surface area contributed by atoms with Gasteiger partial charge in [-0.25, -0.2) is 13.4 Å². The molecule has 16 heavy (non-hydrogen) atoms. The first kappa shape index (κ1) is 11.1. The number of nitrogens with zero attached hydrogens (tertiary/aromatic N) is 5. The second kappa shape index (κ2) is 3.87. The summed E-state index contributed by atoms with van der Waals surface area (Å²) in [6.07, 6.45) is 3.95. The Kier molecular flexibility index (Phi) is 2.68. The zero-order valence-electron chi connectivity index (χ0n) is 8.28. The van der Waals surface area contributed by atoms with Crippen LogP contribution in [0.4, 0.5) is 0 Å². The molecule has 0 unspecified atom stereocenters. The van der Waals surface area contributed by atoms with Crippen molar-refractivity contribution in [2.75, 3.05) is 0 Å². The fraction of sp³-hybridized carbons (Fsp3) is 0.286. The van der Waals surface area contributed by atoms with Gasteiger partial charge in [-0.2, -0.15) is 10.2 Å². The van der Waals surface area contributed by atoms with Crippen LogP contribution in [0.2, 0.25) is 0 Å². The van der Waals surface area contributed by atoms with Crippen LogP contribution in [0, 0.1) is 0 Å². The number of hydrogen-bond donors (Lipinski definition) is 0. The van der Waals surface area contributed by atoms with Crippen LogP contribution in [0.3, 0.4) is 0 Å². The third-order valence-corrected chi connectivity index (χ3v) is 3.31. The summed E-state index contributed by atoms with van der Waals surface area (Å²) >= 11 is 0. The highest BCUT2D eigenvalue weighted by molar-refractivity contribution is 8.13. The minimum Gasteiger partial charge on any atom is -0.264 e. The molecule has 7 nitrogen and oxygen atoms in total. The molecule has 0 amide bonds. The van der Waals surface area contributed by atoms with Crippen LogP contribution in [0.5, 0.6) is 0 Å². The van der Waals surface area contributed by atoms with Gasteiger partial charge in [0, 0.05) is 23.9 Å². The van der Waals surface area contributed by atoms with E-state index < -0.39 is 9.05 Å². The quantitative estimate of drug-likeness (QED) is 0.726. The Balaban J connectivity index is 2.25. The molecule has 0 aromatic carbocycles. The third kappa shape index (κ3) is 2.22. The van der Waals surface area contributed by atoms with Gasteiger partial charge in [-0.1, -0.05) is 0 Å². The monoisotopic (exact) mass is 261 g/mol. The predicted molar refractivity (Wildman–Crippen MR) is 55.4 cm³/mol. The summed E-state index contributed by atoms with van der Waals surface area (Å²) < 4.78 is 25.0. The van der Waals surface area contributed by atoms with Crippen molar-refractivity contribution in [3.05, 3.63) is 24.5 Å². The molecular weight excluding hydrogens is 254 g/mol. The van der Waals surface area contributed by atoms with Gasteiger partial charge in [0.05, 0.1) is 6.20 Å². The molecule has 2 aromatic heterocycles. The molecule has 0 aliphatic rings. The highest BCUT2D eigenvalue weighted by Gasteiger charge is 2.13. The minimum absolute atomic E-state index is 0.0312.